The van der Waals surface area contributed by atoms with E-state index in [2.05, 4.69) is 15.9 Å². The summed E-state index contributed by atoms with van der Waals surface area (Å²) in [5.74, 6) is -0.621. The number of hydrogen-bond acceptors (Lipinski definition) is 2. The second-order valence-corrected chi connectivity index (χ2v) is 5.05. The lowest BCUT2D eigenvalue weighted by atomic mass is 9.99. The molecule has 0 N–H and O–H groups in total. The summed E-state index contributed by atoms with van der Waals surface area (Å²) in [6, 6.07) is 9.65. The number of rotatable bonds is 3. The van der Waals surface area contributed by atoms with Crippen LogP contribution in [0.2, 0.25) is 0 Å². The number of ether oxygens (including phenoxy) is 1. The van der Waals surface area contributed by atoms with Crippen LogP contribution in [-0.2, 0) is 0 Å². The van der Waals surface area contributed by atoms with Crippen molar-refractivity contribution in [2.45, 2.75) is 6.92 Å². The number of methoxy groups -OCH3 is 1. The zero-order valence-electron chi connectivity index (χ0n) is 10.5. The molecular weight excluding hydrogens is 311 g/mol. The van der Waals surface area contributed by atoms with Gasteiger partial charge in [0.2, 0.25) is 0 Å². The highest BCUT2D eigenvalue weighted by atomic mass is 79.9. The maximum atomic E-state index is 13.6. The van der Waals surface area contributed by atoms with Crippen molar-refractivity contribution in [3.8, 4) is 5.75 Å². The van der Waals surface area contributed by atoms with Crippen molar-refractivity contribution in [2.75, 3.05) is 7.11 Å². The number of hydrogen-bond donors (Lipinski definition) is 0. The van der Waals surface area contributed by atoms with Gasteiger partial charge in [0.05, 0.1) is 7.11 Å². The first-order chi connectivity index (χ1) is 9.02. The Hall–Kier alpha value is -1.68. The minimum Gasteiger partial charge on any atom is -0.494 e. The summed E-state index contributed by atoms with van der Waals surface area (Å²) >= 11 is 3.33. The van der Waals surface area contributed by atoms with Crippen LogP contribution in [0, 0.1) is 12.7 Å². The van der Waals surface area contributed by atoms with Gasteiger partial charge in [-0.1, -0.05) is 22.0 Å². The molecule has 0 heterocycles. The Morgan fingerprint density at radius 3 is 2.58 bits per heavy atom. The zero-order chi connectivity index (χ0) is 14.0. The average Bonchev–Trinajstić information content (AvgIpc) is 2.40. The van der Waals surface area contributed by atoms with Crippen molar-refractivity contribution in [3.05, 3.63) is 63.4 Å². The molecular formula is C15H12BrFO2. The molecule has 0 radical (unpaired) electrons. The van der Waals surface area contributed by atoms with E-state index in [9.17, 15) is 9.18 Å². The van der Waals surface area contributed by atoms with E-state index in [-0.39, 0.29) is 11.5 Å². The molecule has 0 saturated carbocycles. The Balaban J connectivity index is 2.44. The normalized spacial score (nSPS) is 10.3. The zero-order valence-corrected chi connectivity index (χ0v) is 12.1. The second-order valence-electron chi connectivity index (χ2n) is 4.14. The predicted molar refractivity (Wildman–Crippen MR) is 75.3 cm³/mol. The van der Waals surface area contributed by atoms with Gasteiger partial charge in [-0.2, -0.15) is 0 Å². The van der Waals surface area contributed by atoms with Gasteiger partial charge in [0.15, 0.2) is 17.3 Å². The maximum absolute atomic E-state index is 13.6. The molecule has 2 aromatic carbocycles. The maximum Gasteiger partial charge on any atom is 0.193 e. The first kappa shape index (κ1) is 13.7. The van der Waals surface area contributed by atoms with E-state index in [0.717, 1.165) is 10.0 Å². The Kier molecular flexibility index (Phi) is 4.00. The minimum atomic E-state index is -0.541. The van der Waals surface area contributed by atoms with Crippen LogP contribution in [0.4, 0.5) is 4.39 Å². The molecule has 0 bridgehead atoms. The van der Waals surface area contributed by atoms with Crippen molar-refractivity contribution in [1.29, 1.82) is 0 Å². The minimum absolute atomic E-state index is 0.127. The second kappa shape index (κ2) is 5.53. The fourth-order valence-corrected chi connectivity index (χ4v) is 2.16. The quantitative estimate of drug-likeness (QED) is 0.794. The standard InChI is InChI=1S/C15H12BrFO2/c1-9-3-5-11(16)8-12(9)15(18)10-4-6-14(19-2)13(17)7-10/h3-8H,1-2H3. The predicted octanol–water partition coefficient (Wildman–Crippen LogP) is 4.14. The highest BCUT2D eigenvalue weighted by Gasteiger charge is 2.14. The van der Waals surface area contributed by atoms with E-state index in [4.69, 9.17) is 4.74 Å². The molecule has 0 unspecified atom stereocenters. The van der Waals surface area contributed by atoms with Gasteiger partial charge < -0.3 is 4.74 Å². The molecule has 2 aromatic rings. The molecule has 0 aliphatic heterocycles. The summed E-state index contributed by atoms with van der Waals surface area (Å²) in [4.78, 5) is 12.3. The Morgan fingerprint density at radius 1 is 1.21 bits per heavy atom. The molecule has 2 nitrogen and oxygen atoms in total. The lowest BCUT2D eigenvalue weighted by molar-refractivity contribution is 0.103. The summed E-state index contributed by atoms with van der Waals surface area (Å²) in [7, 11) is 1.39. The van der Waals surface area contributed by atoms with E-state index in [0.29, 0.717) is 11.1 Å². The van der Waals surface area contributed by atoms with Crippen molar-refractivity contribution in [3.63, 3.8) is 0 Å². The molecule has 4 heteroatoms. The number of ketones is 1. The number of halogens is 2. The first-order valence-corrected chi connectivity index (χ1v) is 6.46. The van der Waals surface area contributed by atoms with Crippen molar-refractivity contribution in [1.82, 2.24) is 0 Å². The lowest BCUT2D eigenvalue weighted by Gasteiger charge is -2.07. The Labute approximate surface area is 119 Å². The van der Waals surface area contributed by atoms with Crippen molar-refractivity contribution < 1.29 is 13.9 Å². The Morgan fingerprint density at radius 2 is 1.95 bits per heavy atom. The van der Waals surface area contributed by atoms with Gasteiger partial charge in [-0.15, -0.1) is 0 Å². The molecule has 0 fully saturated rings. The van der Waals surface area contributed by atoms with Crippen LogP contribution in [0.25, 0.3) is 0 Å². The van der Waals surface area contributed by atoms with E-state index < -0.39 is 5.82 Å². The summed E-state index contributed by atoms with van der Waals surface area (Å²) in [5, 5.41) is 0. The lowest BCUT2D eigenvalue weighted by Crippen LogP contribution is -2.04. The SMILES string of the molecule is COc1ccc(C(=O)c2cc(Br)ccc2C)cc1F. The number of carbonyl (C=O) groups is 1. The number of carbonyl (C=O) groups excluding carboxylic acids is 1. The van der Waals surface area contributed by atoms with Gasteiger partial charge in [0.25, 0.3) is 0 Å². The summed E-state index contributed by atoms with van der Waals surface area (Å²) < 4.78 is 19.3. The molecule has 0 aliphatic rings. The van der Waals surface area contributed by atoms with Crippen LogP contribution in [0.5, 0.6) is 5.75 Å². The van der Waals surface area contributed by atoms with Crippen LogP contribution in [-0.4, -0.2) is 12.9 Å². The Bertz CT molecular complexity index is 638. The molecule has 0 saturated heterocycles. The van der Waals surface area contributed by atoms with Gasteiger partial charge in [-0.3, -0.25) is 4.79 Å². The van der Waals surface area contributed by atoms with Gasteiger partial charge in [-0.25, -0.2) is 4.39 Å². The highest BCUT2D eigenvalue weighted by Crippen LogP contribution is 2.22. The third-order valence-electron chi connectivity index (χ3n) is 2.86. The summed E-state index contributed by atoms with van der Waals surface area (Å²) in [5.41, 5.74) is 1.71. The van der Waals surface area contributed by atoms with Gasteiger partial charge in [-0.05, 0) is 42.8 Å². The van der Waals surface area contributed by atoms with Gasteiger partial charge in [0.1, 0.15) is 0 Å². The third-order valence-corrected chi connectivity index (χ3v) is 3.35. The number of aryl methyl sites for hydroxylation is 1. The van der Waals surface area contributed by atoms with Gasteiger partial charge in [0, 0.05) is 15.6 Å². The fraction of sp³-hybridized carbons (Fsp3) is 0.133. The van der Waals surface area contributed by atoms with E-state index >= 15 is 0 Å². The van der Waals surface area contributed by atoms with E-state index in [1.165, 1.54) is 19.2 Å². The van der Waals surface area contributed by atoms with E-state index in [1.807, 2.05) is 19.1 Å². The van der Waals surface area contributed by atoms with Crippen molar-refractivity contribution in [2.24, 2.45) is 0 Å². The fourth-order valence-electron chi connectivity index (χ4n) is 1.80. The largest absolute Gasteiger partial charge is 0.494 e. The summed E-state index contributed by atoms with van der Waals surface area (Å²) in [6.07, 6.45) is 0. The van der Waals surface area contributed by atoms with Crippen LogP contribution >= 0.6 is 15.9 Å². The molecule has 0 aromatic heterocycles. The van der Waals surface area contributed by atoms with Crippen LogP contribution in [0.15, 0.2) is 40.9 Å². The molecule has 0 amide bonds. The molecule has 0 aliphatic carbocycles. The molecule has 98 valence electrons. The first-order valence-electron chi connectivity index (χ1n) is 5.67. The van der Waals surface area contributed by atoms with Crippen LogP contribution in [0.1, 0.15) is 21.5 Å². The van der Waals surface area contributed by atoms with E-state index in [1.54, 1.807) is 12.1 Å². The highest BCUT2D eigenvalue weighted by molar-refractivity contribution is 9.10. The number of benzene rings is 2. The summed E-state index contributed by atoms with van der Waals surface area (Å²) in [6.45, 7) is 1.85. The topological polar surface area (TPSA) is 26.3 Å². The van der Waals surface area contributed by atoms with Crippen LogP contribution < -0.4 is 4.74 Å². The monoisotopic (exact) mass is 322 g/mol. The molecule has 19 heavy (non-hydrogen) atoms. The smallest absolute Gasteiger partial charge is 0.193 e. The van der Waals surface area contributed by atoms with Gasteiger partial charge >= 0.3 is 0 Å². The average molecular weight is 323 g/mol. The molecule has 0 atom stereocenters. The third kappa shape index (κ3) is 2.84. The van der Waals surface area contributed by atoms with Crippen LogP contribution in [0.3, 0.4) is 0 Å². The van der Waals surface area contributed by atoms with Crippen molar-refractivity contribution >= 4 is 21.7 Å². The molecule has 0 spiro atoms. The molecule has 2 rings (SSSR count).